The van der Waals surface area contributed by atoms with Gasteiger partial charge >= 0.3 is 0 Å². The fourth-order valence-electron chi connectivity index (χ4n) is 1.51. The molecular formula is C12H14ClNO2. The van der Waals surface area contributed by atoms with E-state index in [0.29, 0.717) is 22.1 Å². The number of methoxy groups -OCH3 is 2. The van der Waals surface area contributed by atoms with Crippen molar-refractivity contribution in [1.82, 2.24) is 0 Å². The molecule has 0 aliphatic carbocycles. The lowest BCUT2D eigenvalue weighted by molar-refractivity contribution is 0.353. The van der Waals surface area contributed by atoms with Crippen LogP contribution in [0.5, 0.6) is 11.5 Å². The van der Waals surface area contributed by atoms with Crippen LogP contribution in [0.25, 0.3) is 0 Å². The van der Waals surface area contributed by atoms with Gasteiger partial charge in [0, 0.05) is 0 Å². The van der Waals surface area contributed by atoms with Gasteiger partial charge in [0.25, 0.3) is 0 Å². The molecule has 0 aliphatic heterocycles. The standard InChI is InChI=1S/C12H14ClNO2/c1-7(2)8-5-10(15-3)12(16-4)9(6-14)11(8)13/h5,7H,1-4H3. The molecule has 1 aromatic carbocycles. The van der Waals surface area contributed by atoms with Crippen molar-refractivity contribution < 1.29 is 9.47 Å². The Morgan fingerprint density at radius 3 is 2.31 bits per heavy atom. The highest BCUT2D eigenvalue weighted by atomic mass is 35.5. The topological polar surface area (TPSA) is 42.2 Å². The number of hydrogen-bond donors (Lipinski definition) is 0. The van der Waals surface area contributed by atoms with Crippen molar-refractivity contribution in [3.05, 3.63) is 22.2 Å². The summed E-state index contributed by atoms with van der Waals surface area (Å²) in [5.41, 5.74) is 1.21. The van der Waals surface area contributed by atoms with Crippen LogP contribution in [0.3, 0.4) is 0 Å². The van der Waals surface area contributed by atoms with Gasteiger partial charge in [-0.2, -0.15) is 5.26 Å². The van der Waals surface area contributed by atoms with E-state index >= 15 is 0 Å². The first-order valence-corrected chi connectivity index (χ1v) is 5.29. The third kappa shape index (κ3) is 2.07. The monoisotopic (exact) mass is 239 g/mol. The SMILES string of the molecule is COc1cc(C(C)C)c(Cl)c(C#N)c1OC. The molecule has 0 unspecified atom stereocenters. The highest BCUT2D eigenvalue weighted by molar-refractivity contribution is 6.33. The highest BCUT2D eigenvalue weighted by Crippen LogP contribution is 2.40. The Kier molecular flexibility index (Phi) is 4.03. The van der Waals surface area contributed by atoms with Crippen LogP contribution >= 0.6 is 11.6 Å². The summed E-state index contributed by atoms with van der Waals surface area (Å²) in [6, 6.07) is 3.86. The normalized spacial score (nSPS) is 10.1. The smallest absolute Gasteiger partial charge is 0.180 e. The van der Waals surface area contributed by atoms with Crippen LogP contribution in [-0.2, 0) is 0 Å². The Hall–Kier alpha value is -1.40. The van der Waals surface area contributed by atoms with Gasteiger partial charge in [0.15, 0.2) is 11.5 Å². The summed E-state index contributed by atoms with van der Waals surface area (Å²) in [7, 11) is 3.03. The molecule has 0 aromatic heterocycles. The fourth-order valence-corrected chi connectivity index (χ4v) is 1.91. The predicted molar refractivity (Wildman–Crippen MR) is 63.4 cm³/mol. The lowest BCUT2D eigenvalue weighted by Gasteiger charge is -2.15. The minimum Gasteiger partial charge on any atom is -0.493 e. The number of rotatable bonds is 3. The molecule has 0 saturated heterocycles. The van der Waals surface area contributed by atoms with E-state index in [9.17, 15) is 0 Å². The summed E-state index contributed by atoms with van der Waals surface area (Å²) in [6.07, 6.45) is 0. The van der Waals surface area contributed by atoms with Crippen LogP contribution in [0.2, 0.25) is 5.02 Å². The fraction of sp³-hybridized carbons (Fsp3) is 0.417. The van der Waals surface area contributed by atoms with Gasteiger partial charge in [-0.25, -0.2) is 0 Å². The molecule has 0 radical (unpaired) electrons. The Bertz CT molecular complexity index is 436. The predicted octanol–water partition coefficient (Wildman–Crippen LogP) is 3.35. The summed E-state index contributed by atoms with van der Waals surface area (Å²) < 4.78 is 10.3. The highest BCUT2D eigenvalue weighted by Gasteiger charge is 2.19. The third-order valence-corrected chi connectivity index (χ3v) is 2.78. The van der Waals surface area contributed by atoms with E-state index in [1.54, 1.807) is 0 Å². The molecule has 1 rings (SSSR count). The van der Waals surface area contributed by atoms with E-state index in [4.69, 9.17) is 26.3 Å². The Balaban J connectivity index is 3.56. The second-order valence-electron chi connectivity index (χ2n) is 3.66. The van der Waals surface area contributed by atoms with E-state index in [1.807, 2.05) is 26.0 Å². The van der Waals surface area contributed by atoms with Crippen molar-refractivity contribution in [2.75, 3.05) is 14.2 Å². The first-order chi connectivity index (χ1) is 7.56. The minimum atomic E-state index is 0.222. The van der Waals surface area contributed by atoms with Crippen molar-refractivity contribution in [3.8, 4) is 17.6 Å². The van der Waals surface area contributed by atoms with Crippen molar-refractivity contribution in [3.63, 3.8) is 0 Å². The molecule has 86 valence electrons. The van der Waals surface area contributed by atoms with Gasteiger partial charge in [-0.1, -0.05) is 25.4 Å². The first-order valence-electron chi connectivity index (χ1n) is 4.91. The largest absolute Gasteiger partial charge is 0.493 e. The van der Waals surface area contributed by atoms with Crippen LogP contribution < -0.4 is 9.47 Å². The van der Waals surface area contributed by atoms with Gasteiger partial charge in [-0.15, -0.1) is 0 Å². The molecule has 0 heterocycles. The molecule has 3 nitrogen and oxygen atoms in total. The quantitative estimate of drug-likeness (QED) is 0.812. The van der Waals surface area contributed by atoms with Gasteiger partial charge < -0.3 is 9.47 Å². The van der Waals surface area contributed by atoms with Crippen molar-refractivity contribution in [1.29, 1.82) is 5.26 Å². The Morgan fingerprint density at radius 1 is 1.31 bits per heavy atom. The van der Waals surface area contributed by atoms with Crippen LogP contribution in [-0.4, -0.2) is 14.2 Å². The zero-order chi connectivity index (χ0) is 12.3. The van der Waals surface area contributed by atoms with Gasteiger partial charge in [-0.3, -0.25) is 0 Å². The summed E-state index contributed by atoms with van der Waals surface area (Å²) in [4.78, 5) is 0. The Labute approximate surface area is 101 Å². The van der Waals surface area contributed by atoms with Gasteiger partial charge in [0.2, 0.25) is 0 Å². The molecule has 16 heavy (non-hydrogen) atoms. The zero-order valence-corrected chi connectivity index (χ0v) is 10.6. The van der Waals surface area contributed by atoms with Gasteiger partial charge in [0.05, 0.1) is 19.2 Å². The third-order valence-electron chi connectivity index (χ3n) is 2.37. The van der Waals surface area contributed by atoms with Crippen molar-refractivity contribution in [2.45, 2.75) is 19.8 Å². The average Bonchev–Trinajstić information content (AvgIpc) is 2.27. The molecule has 0 N–H and O–H groups in total. The van der Waals surface area contributed by atoms with Crippen molar-refractivity contribution in [2.24, 2.45) is 0 Å². The molecule has 0 aliphatic rings. The second kappa shape index (κ2) is 5.09. The maximum Gasteiger partial charge on any atom is 0.180 e. The van der Waals surface area contributed by atoms with Crippen molar-refractivity contribution >= 4 is 11.6 Å². The maximum absolute atomic E-state index is 9.09. The van der Waals surface area contributed by atoms with E-state index in [1.165, 1.54) is 14.2 Å². The van der Waals surface area contributed by atoms with E-state index in [0.717, 1.165) is 5.56 Å². The summed E-state index contributed by atoms with van der Waals surface area (Å²) in [6.45, 7) is 4.02. The second-order valence-corrected chi connectivity index (χ2v) is 4.03. The van der Waals surface area contributed by atoms with Crippen LogP contribution in [0, 0.1) is 11.3 Å². The lowest BCUT2D eigenvalue weighted by Crippen LogP contribution is -1.99. The maximum atomic E-state index is 9.09. The van der Waals surface area contributed by atoms with E-state index < -0.39 is 0 Å². The summed E-state index contributed by atoms with van der Waals surface area (Å²) in [5.74, 6) is 1.14. The first kappa shape index (κ1) is 12.7. The van der Waals surface area contributed by atoms with Crippen LogP contribution in [0.15, 0.2) is 6.07 Å². The number of nitriles is 1. The number of hydrogen-bond acceptors (Lipinski definition) is 3. The summed E-state index contributed by atoms with van der Waals surface area (Å²) in [5, 5.41) is 9.53. The number of nitrogens with zero attached hydrogens (tertiary/aromatic N) is 1. The minimum absolute atomic E-state index is 0.222. The molecule has 0 bridgehead atoms. The lowest BCUT2D eigenvalue weighted by atomic mass is 9.99. The summed E-state index contributed by atoms with van der Waals surface area (Å²) >= 11 is 6.16. The number of ether oxygens (including phenoxy) is 2. The van der Waals surface area contributed by atoms with Gasteiger partial charge in [-0.05, 0) is 17.5 Å². The zero-order valence-electron chi connectivity index (χ0n) is 9.80. The molecule has 0 spiro atoms. The molecule has 4 heteroatoms. The van der Waals surface area contributed by atoms with Crippen LogP contribution in [0.4, 0.5) is 0 Å². The van der Waals surface area contributed by atoms with Crippen LogP contribution in [0.1, 0.15) is 30.9 Å². The molecule has 0 atom stereocenters. The molecular weight excluding hydrogens is 226 g/mol. The van der Waals surface area contributed by atoms with E-state index in [-0.39, 0.29) is 5.92 Å². The number of halogens is 1. The molecule has 1 aromatic rings. The van der Waals surface area contributed by atoms with Gasteiger partial charge in [0.1, 0.15) is 11.6 Å². The number of benzene rings is 1. The molecule has 0 amide bonds. The average molecular weight is 240 g/mol. The van der Waals surface area contributed by atoms with E-state index in [2.05, 4.69) is 0 Å². The molecule has 0 saturated carbocycles. The Morgan fingerprint density at radius 2 is 1.94 bits per heavy atom. The molecule has 0 fully saturated rings.